The first-order valence-corrected chi connectivity index (χ1v) is 7.25. The maximum atomic E-state index is 10.9. The molecule has 2 aromatic rings. The molecule has 0 heterocycles. The molecule has 2 N–H and O–H groups in total. The molecule has 21 heavy (non-hydrogen) atoms. The van der Waals surface area contributed by atoms with Gasteiger partial charge in [0.1, 0.15) is 5.75 Å². The van der Waals surface area contributed by atoms with Crippen LogP contribution in [-0.4, -0.2) is 18.2 Å². The number of carbonyl (C=O) groups is 1. The molecule has 0 aliphatic carbocycles. The van der Waals surface area contributed by atoms with Crippen LogP contribution in [0.3, 0.4) is 0 Å². The molecular weight excluding hydrogens is 334 g/mol. The Hall–Kier alpha value is -2.01. The lowest BCUT2D eigenvalue weighted by molar-refractivity contribution is -0.136. The third kappa shape index (κ3) is 4.23. The molecule has 0 radical (unpaired) electrons. The van der Waals surface area contributed by atoms with E-state index in [1.165, 1.54) is 0 Å². The van der Waals surface area contributed by atoms with Crippen molar-refractivity contribution >= 4 is 27.6 Å². The first-order chi connectivity index (χ1) is 10.1. The SMILES string of the molecule is COc1ccc(Br)cc1NCc1ccccc1CC(=O)O. The van der Waals surface area contributed by atoms with Crippen LogP contribution in [0.1, 0.15) is 11.1 Å². The van der Waals surface area contributed by atoms with Gasteiger partial charge in [0, 0.05) is 11.0 Å². The van der Waals surface area contributed by atoms with Crippen LogP contribution in [0.5, 0.6) is 5.75 Å². The highest BCUT2D eigenvalue weighted by Gasteiger charge is 2.08. The Morgan fingerprint density at radius 2 is 1.95 bits per heavy atom. The van der Waals surface area contributed by atoms with Gasteiger partial charge in [-0.3, -0.25) is 4.79 Å². The smallest absolute Gasteiger partial charge is 0.307 e. The summed E-state index contributed by atoms with van der Waals surface area (Å²) >= 11 is 3.43. The first kappa shape index (κ1) is 15.4. The monoisotopic (exact) mass is 349 g/mol. The zero-order valence-electron chi connectivity index (χ0n) is 11.6. The number of carboxylic acids is 1. The zero-order valence-corrected chi connectivity index (χ0v) is 13.2. The van der Waals surface area contributed by atoms with E-state index in [9.17, 15) is 4.79 Å². The number of carboxylic acid groups (broad SMARTS) is 1. The number of rotatable bonds is 6. The third-order valence-corrected chi connectivity index (χ3v) is 3.58. The molecule has 0 aliphatic rings. The van der Waals surface area contributed by atoms with Crippen LogP contribution >= 0.6 is 15.9 Å². The molecule has 2 aromatic carbocycles. The number of halogens is 1. The minimum atomic E-state index is -0.831. The quantitative estimate of drug-likeness (QED) is 0.834. The van der Waals surface area contributed by atoms with E-state index in [0.29, 0.717) is 6.54 Å². The summed E-state index contributed by atoms with van der Waals surface area (Å²) in [5.74, 6) is -0.0867. The van der Waals surface area contributed by atoms with Crippen LogP contribution in [0.15, 0.2) is 46.9 Å². The molecule has 4 nitrogen and oxygen atoms in total. The van der Waals surface area contributed by atoms with Gasteiger partial charge in [0.05, 0.1) is 19.2 Å². The van der Waals surface area contributed by atoms with Crippen LogP contribution in [0, 0.1) is 0 Å². The van der Waals surface area contributed by atoms with Crippen LogP contribution in [0.4, 0.5) is 5.69 Å². The maximum Gasteiger partial charge on any atom is 0.307 e. The minimum absolute atomic E-state index is 0.0213. The molecule has 0 aromatic heterocycles. The molecule has 0 saturated heterocycles. The number of hydrogen-bond donors (Lipinski definition) is 2. The van der Waals surface area contributed by atoms with Crippen LogP contribution in [0.2, 0.25) is 0 Å². The van der Waals surface area contributed by atoms with Gasteiger partial charge in [-0.05, 0) is 29.3 Å². The van der Waals surface area contributed by atoms with Crippen molar-refractivity contribution in [2.45, 2.75) is 13.0 Å². The number of hydrogen-bond acceptors (Lipinski definition) is 3. The van der Waals surface area contributed by atoms with E-state index in [0.717, 1.165) is 27.0 Å². The second kappa shape index (κ2) is 7.13. The van der Waals surface area contributed by atoms with Crippen molar-refractivity contribution in [3.05, 3.63) is 58.1 Å². The highest BCUT2D eigenvalue weighted by atomic mass is 79.9. The van der Waals surface area contributed by atoms with E-state index in [4.69, 9.17) is 9.84 Å². The molecule has 0 aliphatic heterocycles. The highest BCUT2D eigenvalue weighted by Crippen LogP contribution is 2.28. The molecule has 0 spiro atoms. The van der Waals surface area contributed by atoms with E-state index < -0.39 is 5.97 Å². The second-order valence-electron chi connectivity index (χ2n) is 4.54. The van der Waals surface area contributed by atoms with Gasteiger partial charge in [-0.15, -0.1) is 0 Å². The van der Waals surface area contributed by atoms with Crippen molar-refractivity contribution < 1.29 is 14.6 Å². The summed E-state index contributed by atoms with van der Waals surface area (Å²) < 4.78 is 6.25. The van der Waals surface area contributed by atoms with Crippen molar-refractivity contribution in [1.82, 2.24) is 0 Å². The topological polar surface area (TPSA) is 58.6 Å². The largest absolute Gasteiger partial charge is 0.495 e. The lowest BCUT2D eigenvalue weighted by Gasteiger charge is -2.13. The lowest BCUT2D eigenvalue weighted by atomic mass is 10.0. The molecule has 2 rings (SSSR count). The maximum absolute atomic E-state index is 10.9. The Morgan fingerprint density at radius 3 is 2.62 bits per heavy atom. The van der Waals surface area contributed by atoms with Crippen molar-refractivity contribution in [2.75, 3.05) is 12.4 Å². The van der Waals surface area contributed by atoms with Gasteiger partial charge in [-0.1, -0.05) is 40.2 Å². The fourth-order valence-corrected chi connectivity index (χ4v) is 2.44. The van der Waals surface area contributed by atoms with Gasteiger partial charge in [-0.25, -0.2) is 0 Å². The number of methoxy groups -OCH3 is 1. The Balaban J connectivity index is 2.17. The standard InChI is InChI=1S/C16H16BrNO3/c1-21-15-7-6-13(17)9-14(15)18-10-12-5-3-2-4-11(12)8-16(19)20/h2-7,9,18H,8,10H2,1H3,(H,19,20). The number of ether oxygens (including phenoxy) is 1. The van der Waals surface area contributed by atoms with Gasteiger partial charge in [0.15, 0.2) is 0 Å². The Morgan fingerprint density at radius 1 is 1.24 bits per heavy atom. The first-order valence-electron chi connectivity index (χ1n) is 6.46. The molecule has 0 bridgehead atoms. The van der Waals surface area contributed by atoms with Crippen LogP contribution in [0.25, 0.3) is 0 Å². The molecule has 0 amide bonds. The van der Waals surface area contributed by atoms with Crippen molar-refractivity contribution in [3.8, 4) is 5.75 Å². The number of nitrogens with one attached hydrogen (secondary N) is 1. The summed E-state index contributed by atoms with van der Waals surface area (Å²) in [6.45, 7) is 0.538. The van der Waals surface area contributed by atoms with Crippen molar-refractivity contribution in [1.29, 1.82) is 0 Å². The Kier molecular flexibility index (Phi) is 5.22. The fourth-order valence-electron chi connectivity index (χ4n) is 2.07. The third-order valence-electron chi connectivity index (χ3n) is 3.09. The van der Waals surface area contributed by atoms with E-state index >= 15 is 0 Å². The van der Waals surface area contributed by atoms with Gasteiger partial charge >= 0.3 is 5.97 Å². The second-order valence-corrected chi connectivity index (χ2v) is 5.45. The van der Waals surface area contributed by atoms with E-state index in [-0.39, 0.29) is 6.42 Å². The highest BCUT2D eigenvalue weighted by molar-refractivity contribution is 9.10. The summed E-state index contributed by atoms with van der Waals surface area (Å²) in [5.41, 5.74) is 2.63. The predicted molar refractivity (Wildman–Crippen MR) is 85.8 cm³/mol. The van der Waals surface area contributed by atoms with Gasteiger partial charge in [0.2, 0.25) is 0 Å². The lowest BCUT2D eigenvalue weighted by Crippen LogP contribution is -2.07. The minimum Gasteiger partial charge on any atom is -0.495 e. The molecular formula is C16H16BrNO3. The molecule has 0 saturated carbocycles. The average molecular weight is 350 g/mol. The van der Waals surface area contributed by atoms with Crippen molar-refractivity contribution in [3.63, 3.8) is 0 Å². The average Bonchev–Trinajstić information content (AvgIpc) is 2.46. The number of aliphatic carboxylic acids is 1. The normalized spacial score (nSPS) is 10.2. The molecule has 0 fully saturated rings. The van der Waals surface area contributed by atoms with Crippen LogP contribution < -0.4 is 10.1 Å². The van der Waals surface area contributed by atoms with E-state index in [1.54, 1.807) is 7.11 Å². The summed E-state index contributed by atoms with van der Waals surface area (Å²) in [7, 11) is 1.62. The predicted octanol–water partition coefficient (Wildman–Crippen LogP) is 3.70. The zero-order chi connectivity index (χ0) is 15.2. The number of benzene rings is 2. The van der Waals surface area contributed by atoms with E-state index in [2.05, 4.69) is 21.2 Å². The summed E-state index contributed by atoms with van der Waals surface area (Å²) in [4.78, 5) is 10.9. The van der Waals surface area contributed by atoms with Gasteiger partial charge < -0.3 is 15.2 Å². The molecule has 110 valence electrons. The van der Waals surface area contributed by atoms with Gasteiger partial charge in [-0.2, -0.15) is 0 Å². The summed E-state index contributed by atoms with van der Waals surface area (Å²) in [5, 5.41) is 12.2. The number of anilines is 1. The Bertz CT molecular complexity index is 643. The van der Waals surface area contributed by atoms with Crippen LogP contribution in [-0.2, 0) is 17.8 Å². The summed E-state index contributed by atoms with van der Waals surface area (Å²) in [6.07, 6.45) is 0.0213. The summed E-state index contributed by atoms with van der Waals surface area (Å²) in [6, 6.07) is 13.2. The van der Waals surface area contributed by atoms with Gasteiger partial charge in [0.25, 0.3) is 0 Å². The van der Waals surface area contributed by atoms with Crippen molar-refractivity contribution in [2.24, 2.45) is 0 Å². The Labute approximate surface area is 131 Å². The van der Waals surface area contributed by atoms with E-state index in [1.807, 2.05) is 42.5 Å². The fraction of sp³-hybridized carbons (Fsp3) is 0.188. The molecule has 0 atom stereocenters. The molecule has 0 unspecified atom stereocenters. The molecule has 5 heteroatoms.